The first kappa shape index (κ1) is 26.8. The third-order valence-corrected chi connectivity index (χ3v) is 7.62. The Bertz CT molecular complexity index is 1280. The number of carbonyl (C=O) groups is 2. The van der Waals surface area contributed by atoms with E-state index in [2.05, 4.69) is 0 Å². The van der Waals surface area contributed by atoms with E-state index in [0.29, 0.717) is 61.1 Å². The highest BCUT2D eigenvalue weighted by Gasteiger charge is 2.47. The van der Waals surface area contributed by atoms with Gasteiger partial charge >= 0.3 is 0 Å². The molecule has 3 aliphatic heterocycles. The molecule has 2 saturated heterocycles. The average molecular weight is 540 g/mol. The number of benzene rings is 2. The highest BCUT2D eigenvalue weighted by atomic mass is 16.5. The fourth-order valence-electron chi connectivity index (χ4n) is 5.63. The lowest BCUT2D eigenvalue weighted by Crippen LogP contribution is -3.14. The summed E-state index contributed by atoms with van der Waals surface area (Å²) in [5.41, 5.74) is 2.00. The van der Waals surface area contributed by atoms with Crippen molar-refractivity contribution in [3.63, 3.8) is 0 Å². The molecule has 2 atom stereocenters. The largest absolute Gasteiger partial charge is 0.507 e. The molecule has 39 heavy (non-hydrogen) atoms. The molecule has 0 aromatic heterocycles. The van der Waals surface area contributed by atoms with Crippen LogP contribution in [0.2, 0.25) is 0 Å². The first-order chi connectivity index (χ1) is 18.9. The summed E-state index contributed by atoms with van der Waals surface area (Å²) >= 11 is 0. The van der Waals surface area contributed by atoms with Gasteiger partial charge in [-0.3, -0.25) is 9.59 Å². The van der Waals surface area contributed by atoms with Gasteiger partial charge in [-0.25, -0.2) is 0 Å². The van der Waals surface area contributed by atoms with Crippen molar-refractivity contribution in [2.24, 2.45) is 0 Å². The molecule has 10 nitrogen and oxygen atoms in total. The smallest absolute Gasteiger partial charge is 0.295 e. The lowest BCUT2D eigenvalue weighted by Gasteiger charge is -2.29. The van der Waals surface area contributed by atoms with Crippen molar-refractivity contribution in [1.82, 2.24) is 4.90 Å². The van der Waals surface area contributed by atoms with Gasteiger partial charge in [0.25, 0.3) is 11.7 Å². The van der Waals surface area contributed by atoms with Crippen LogP contribution in [0.15, 0.2) is 35.9 Å². The molecule has 10 heteroatoms. The summed E-state index contributed by atoms with van der Waals surface area (Å²) in [6.45, 7) is 5.92. The van der Waals surface area contributed by atoms with Crippen LogP contribution in [-0.2, 0) is 20.7 Å². The van der Waals surface area contributed by atoms with Crippen molar-refractivity contribution in [1.29, 1.82) is 0 Å². The molecule has 1 amide bonds. The summed E-state index contributed by atoms with van der Waals surface area (Å²) in [6, 6.07) is 7.92. The molecule has 2 aromatic carbocycles. The van der Waals surface area contributed by atoms with E-state index in [9.17, 15) is 14.7 Å². The van der Waals surface area contributed by atoms with Crippen molar-refractivity contribution < 1.29 is 43.3 Å². The zero-order valence-electron chi connectivity index (χ0n) is 22.7. The molecule has 0 radical (unpaired) electrons. The number of hydrogen-bond acceptors (Lipinski definition) is 8. The number of carbonyl (C=O) groups excluding carboxylic acids is 2. The zero-order chi connectivity index (χ0) is 27.7. The van der Waals surface area contributed by atoms with Crippen molar-refractivity contribution in [3.05, 3.63) is 52.6 Å². The normalized spacial score (nSPS) is 22.5. The topological polar surface area (TPSA) is 108 Å². The SMILES string of the molecule is COc1cc([C@H]2C(=C(O)c3ccc4c(c3)C[C@H](C)O4)C(=O)C(=O)N2CC[NH+]2CCOCC2)cc(OC)c1OC. The number of ketones is 1. The van der Waals surface area contributed by atoms with E-state index < -0.39 is 17.7 Å². The number of quaternary nitrogens is 1. The monoisotopic (exact) mass is 539 g/mol. The molecule has 0 aliphatic carbocycles. The maximum Gasteiger partial charge on any atom is 0.295 e. The minimum atomic E-state index is -0.845. The first-order valence-corrected chi connectivity index (χ1v) is 13.2. The highest BCUT2D eigenvalue weighted by Crippen LogP contribution is 2.46. The van der Waals surface area contributed by atoms with E-state index in [1.165, 1.54) is 31.1 Å². The lowest BCUT2D eigenvalue weighted by molar-refractivity contribution is -0.907. The number of amides is 1. The fourth-order valence-corrected chi connectivity index (χ4v) is 5.63. The van der Waals surface area contributed by atoms with E-state index in [1.807, 2.05) is 13.0 Å². The van der Waals surface area contributed by atoms with Crippen molar-refractivity contribution in [3.8, 4) is 23.0 Å². The van der Waals surface area contributed by atoms with Gasteiger partial charge in [0.1, 0.15) is 30.7 Å². The third kappa shape index (κ3) is 5.02. The molecule has 0 unspecified atom stereocenters. The lowest BCUT2D eigenvalue weighted by atomic mass is 9.94. The summed E-state index contributed by atoms with van der Waals surface area (Å²) in [4.78, 5) is 29.8. The summed E-state index contributed by atoms with van der Waals surface area (Å²) in [6.07, 6.45) is 0.730. The summed E-state index contributed by atoms with van der Waals surface area (Å²) in [7, 11) is 4.52. The fraction of sp³-hybridized carbons (Fsp3) is 0.448. The standard InChI is InChI=1S/C29H34N2O8/c1-17-13-19-14-18(5-6-21(19)39-17)26(32)24-25(20-15-22(35-2)28(37-4)23(16-20)36-3)31(29(34)27(24)33)8-7-30-9-11-38-12-10-30/h5-6,14-17,25,32H,7-13H2,1-4H3/p+1/t17-,25-/m0/s1. The quantitative estimate of drug-likeness (QED) is 0.294. The van der Waals surface area contributed by atoms with Gasteiger partial charge in [0.15, 0.2) is 11.5 Å². The first-order valence-electron chi connectivity index (χ1n) is 13.2. The molecule has 2 aromatic rings. The number of Topliss-reactive ketones (excluding diaryl/α,β-unsaturated/α-hetero) is 1. The maximum absolute atomic E-state index is 13.5. The number of ether oxygens (including phenoxy) is 5. The Morgan fingerprint density at radius 2 is 1.74 bits per heavy atom. The van der Waals surface area contributed by atoms with Gasteiger partial charge in [-0.1, -0.05) is 0 Å². The van der Waals surface area contributed by atoms with E-state index in [4.69, 9.17) is 23.7 Å². The van der Waals surface area contributed by atoms with Gasteiger partial charge < -0.3 is 38.6 Å². The van der Waals surface area contributed by atoms with Crippen molar-refractivity contribution >= 4 is 17.4 Å². The van der Waals surface area contributed by atoms with Crippen LogP contribution in [0.25, 0.3) is 5.76 Å². The number of methoxy groups -OCH3 is 3. The van der Waals surface area contributed by atoms with E-state index in [0.717, 1.165) is 24.4 Å². The molecule has 5 rings (SSSR count). The minimum absolute atomic E-state index is 0.0261. The van der Waals surface area contributed by atoms with Gasteiger partial charge in [-0.2, -0.15) is 0 Å². The number of likely N-dealkylation sites (tertiary alicyclic amines) is 1. The zero-order valence-corrected chi connectivity index (χ0v) is 22.7. The van der Waals surface area contributed by atoms with Crippen LogP contribution in [0.3, 0.4) is 0 Å². The van der Waals surface area contributed by atoms with Gasteiger partial charge in [-0.15, -0.1) is 0 Å². The van der Waals surface area contributed by atoms with E-state index >= 15 is 0 Å². The Balaban J connectivity index is 1.61. The second-order valence-electron chi connectivity index (χ2n) is 10.0. The molecular formula is C29H35N2O8+. The highest BCUT2D eigenvalue weighted by molar-refractivity contribution is 6.46. The Morgan fingerprint density at radius 3 is 2.38 bits per heavy atom. The molecule has 2 N–H and O–H groups in total. The van der Waals surface area contributed by atoms with Crippen LogP contribution in [0.1, 0.15) is 29.7 Å². The Kier molecular flexibility index (Phi) is 7.67. The number of fused-ring (bicyclic) bond motifs is 1. The molecular weight excluding hydrogens is 504 g/mol. The molecule has 3 heterocycles. The van der Waals surface area contributed by atoms with E-state index in [1.54, 1.807) is 24.3 Å². The van der Waals surface area contributed by atoms with Crippen LogP contribution in [0.4, 0.5) is 0 Å². The van der Waals surface area contributed by atoms with Crippen molar-refractivity contribution in [2.75, 3.05) is 60.7 Å². The third-order valence-electron chi connectivity index (χ3n) is 7.62. The molecule has 3 aliphatic rings. The number of morpholine rings is 1. The van der Waals surface area contributed by atoms with Gasteiger partial charge in [-0.05, 0) is 48.4 Å². The predicted molar refractivity (Wildman–Crippen MR) is 142 cm³/mol. The number of nitrogens with one attached hydrogen (secondary N) is 1. The van der Waals surface area contributed by atoms with Crippen molar-refractivity contribution in [2.45, 2.75) is 25.5 Å². The predicted octanol–water partition coefficient (Wildman–Crippen LogP) is 1.37. The molecule has 0 bridgehead atoms. The van der Waals surface area contributed by atoms with Gasteiger partial charge in [0.2, 0.25) is 5.75 Å². The number of nitrogens with zero attached hydrogens (tertiary/aromatic N) is 1. The second kappa shape index (κ2) is 11.2. The van der Waals surface area contributed by atoms with Crippen LogP contribution in [-0.4, -0.2) is 88.5 Å². The summed E-state index contributed by atoms with van der Waals surface area (Å²) in [5.74, 6) is 0.324. The second-order valence-corrected chi connectivity index (χ2v) is 10.0. The van der Waals surface area contributed by atoms with Gasteiger partial charge in [0.05, 0.1) is 59.2 Å². The van der Waals surface area contributed by atoms with Crippen LogP contribution in [0.5, 0.6) is 23.0 Å². The average Bonchev–Trinajstić information content (AvgIpc) is 3.46. The molecule has 0 spiro atoms. The molecule has 0 saturated carbocycles. The molecule has 2 fully saturated rings. The maximum atomic E-state index is 13.5. The Hall–Kier alpha value is -3.76. The van der Waals surface area contributed by atoms with Crippen LogP contribution in [0, 0.1) is 0 Å². The summed E-state index contributed by atoms with van der Waals surface area (Å²) in [5, 5.41) is 11.6. The minimum Gasteiger partial charge on any atom is -0.507 e. The summed E-state index contributed by atoms with van der Waals surface area (Å²) < 4.78 is 27.9. The Labute approximate surface area is 227 Å². The number of aliphatic hydroxyl groups is 1. The molecule has 208 valence electrons. The number of aliphatic hydroxyl groups excluding tert-OH is 1. The van der Waals surface area contributed by atoms with Gasteiger partial charge in [0, 0.05) is 12.0 Å². The number of rotatable bonds is 8. The van der Waals surface area contributed by atoms with E-state index in [-0.39, 0.29) is 17.4 Å². The number of hydrogen-bond donors (Lipinski definition) is 2. The Morgan fingerprint density at radius 1 is 1.05 bits per heavy atom. The van der Waals surface area contributed by atoms with Crippen LogP contribution < -0.4 is 23.8 Å². The van der Waals surface area contributed by atoms with Crippen LogP contribution >= 0.6 is 0 Å².